The molecular formula is C21H25FN2O3. The van der Waals surface area contributed by atoms with Crippen LogP contribution in [0.2, 0.25) is 0 Å². The quantitative estimate of drug-likeness (QED) is 0.812. The van der Waals surface area contributed by atoms with Crippen LogP contribution in [0.1, 0.15) is 17.2 Å². The lowest BCUT2D eigenvalue weighted by Gasteiger charge is -2.35. The second-order valence-corrected chi connectivity index (χ2v) is 6.62. The highest BCUT2D eigenvalue weighted by atomic mass is 19.1. The highest BCUT2D eigenvalue weighted by Gasteiger charge is 2.23. The van der Waals surface area contributed by atoms with Gasteiger partial charge in [0.1, 0.15) is 11.6 Å². The Bertz CT molecular complexity index is 728. The topological polar surface area (TPSA) is 50.8 Å². The molecular weight excluding hydrogens is 347 g/mol. The van der Waals surface area contributed by atoms with E-state index < -0.39 is 0 Å². The molecule has 0 unspecified atom stereocenters. The van der Waals surface area contributed by atoms with E-state index in [1.165, 1.54) is 35.4 Å². The third kappa shape index (κ3) is 5.77. The van der Waals surface area contributed by atoms with Crippen LogP contribution in [0.25, 0.3) is 0 Å². The number of halogens is 1. The summed E-state index contributed by atoms with van der Waals surface area (Å²) >= 11 is 0. The molecule has 0 radical (unpaired) electrons. The molecule has 0 aliphatic carbocycles. The van der Waals surface area contributed by atoms with Crippen LogP contribution in [0.15, 0.2) is 48.5 Å². The average Bonchev–Trinajstić information content (AvgIpc) is 2.70. The van der Waals surface area contributed by atoms with E-state index in [2.05, 4.69) is 41.4 Å². The van der Waals surface area contributed by atoms with Crippen LogP contribution in [-0.2, 0) is 9.53 Å². The predicted octanol–water partition coefficient (Wildman–Crippen LogP) is 2.70. The molecule has 1 aliphatic heterocycles. The minimum absolute atomic E-state index is 0.0873. The lowest BCUT2D eigenvalue weighted by atomic mass is 10.0. The molecule has 2 aromatic rings. The van der Waals surface area contributed by atoms with Crippen molar-refractivity contribution in [2.45, 2.75) is 13.0 Å². The van der Waals surface area contributed by atoms with Crippen molar-refractivity contribution in [2.24, 2.45) is 0 Å². The standard InChI is InChI=1S/C21H25FN2O3/c1-16-2-4-17(5-3-16)20(24-10-12-26-13-11-24)14-23-21(25)15-27-19-8-6-18(22)7-9-19/h2-9,20H,10-15H2,1H3,(H,23,25)/t20-/m0/s1. The number of amides is 1. The van der Waals surface area contributed by atoms with Crippen molar-refractivity contribution in [2.75, 3.05) is 39.5 Å². The fourth-order valence-electron chi connectivity index (χ4n) is 3.08. The number of hydrogen-bond acceptors (Lipinski definition) is 4. The van der Waals surface area contributed by atoms with Gasteiger partial charge in [-0.3, -0.25) is 9.69 Å². The Morgan fingerprint density at radius 3 is 2.48 bits per heavy atom. The molecule has 1 fully saturated rings. The number of nitrogens with one attached hydrogen (secondary N) is 1. The minimum atomic E-state index is -0.335. The van der Waals surface area contributed by atoms with E-state index in [-0.39, 0.29) is 24.4 Å². The second-order valence-electron chi connectivity index (χ2n) is 6.62. The summed E-state index contributed by atoms with van der Waals surface area (Å²) in [5.74, 6) is -0.0715. The van der Waals surface area contributed by atoms with Crippen LogP contribution >= 0.6 is 0 Å². The van der Waals surface area contributed by atoms with E-state index in [1.54, 1.807) is 0 Å². The SMILES string of the molecule is Cc1ccc([C@H](CNC(=O)COc2ccc(F)cc2)N2CCOCC2)cc1. The van der Waals surface area contributed by atoms with Crippen LogP contribution in [0.3, 0.4) is 0 Å². The Morgan fingerprint density at radius 1 is 1.15 bits per heavy atom. The van der Waals surface area contributed by atoms with Crippen molar-refractivity contribution in [1.29, 1.82) is 0 Å². The number of nitrogens with zero attached hydrogens (tertiary/aromatic N) is 1. The van der Waals surface area contributed by atoms with Gasteiger partial charge in [-0.1, -0.05) is 29.8 Å². The van der Waals surface area contributed by atoms with Gasteiger partial charge in [0.15, 0.2) is 6.61 Å². The Morgan fingerprint density at radius 2 is 1.81 bits per heavy atom. The molecule has 1 atom stereocenters. The zero-order valence-electron chi connectivity index (χ0n) is 15.5. The molecule has 0 bridgehead atoms. The normalized spacial score (nSPS) is 15.9. The number of aryl methyl sites for hydroxylation is 1. The average molecular weight is 372 g/mol. The molecule has 0 spiro atoms. The van der Waals surface area contributed by atoms with Gasteiger partial charge in [-0.15, -0.1) is 0 Å². The first kappa shape index (κ1) is 19.3. The summed E-state index contributed by atoms with van der Waals surface area (Å²) in [5.41, 5.74) is 2.37. The highest BCUT2D eigenvalue weighted by Crippen LogP contribution is 2.21. The van der Waals surface area contributed by atoms with E-state index in [1.807, 2.05) is 0 Å². The van der Waals surface area contributed by atoms with E-state index in [0.717, 1.165) is 13.1 Å². The Kier molecular flexibility index (Phi) is 6.79. The monoisotopic (exact) mass is 372 g/mol. The van der Waals surface area contributed by atoms with E-state index in [9.17, 15) is 9.18 Å². The van der Waals surface area contributed by atoms with Gasteiger partial charge < -0.3 is 14.8 Å². The zero-order chi connectivity index (χ0) is 19.1. The smallest absolute Gasteiger partial charge is 0.258 e. The van der Waals surface area contributed by atoms with Crippen LogP contribution in [-0.4, -0.2) is 50.3 Å². The van der Waals surface area contributed by atoms with Gasteiger partial charge in [-0.05, 0) is 36.8 Å². The molecule has 0 saturated carbocycles. The van der Waals surface area contributed by atoms with Gasteiger partial charge in [0.05, 0.1) is 19.3 Å². The summed E-state index contributed by atoms with van der Waals surface area (Å²) in [6.45, 7) is 5.51. The van der Waals surface area contributed by atoms with Gasteiger partial charge in [0.2, 0.25) is 0 Å². The summed E-state index contributed by atoms with van der Waals surface area (Å²) in [6, 6.07) is 14.1. The van der Waals surface area contributed by atoms with Gasteiger partial charge in [0, 0.05) is 19.6 Å². The number of ether oxygens (including phenoxy) is 2. The minimum Gasteiger partial charge on any atom is -0.484 e. The van der Waals surface area contributed by atoms with Crippen molar-refractivity contribution in [1.82, 2.24) is 10.2 Å². The van der Waals surface area contributed by atoms with Crippen molar-refractivity contribution in [3.8, 4) is 5.75 Å². The first-order valence-corrected chi connectivity index (χ1v) is 9.15. The summed E-state index contributed by atoms with van der Waals surface area (Å²) in [7, 11) is 0. The lowest BCUT2D eigenvalue weighted by Crippen LogP contribution is -2.44. The summed E-state index contributed by atoms with van der Waals surface area (Å²) < 4.78 is 23.8. The van der Waals surface area contributed by atoms with E-state index >= 15 is 0 Å². The summed E-state index contributed by atoms with van der Waals surface area (Å²) in [6.07, 6.45) is 0. The maximum Gasteiger partial charge on any atom is 0.258 e. The number of rotatable bonds is 7. The first-order chi connectivity index (χ1) is 13.1. The molecule has 3 rings (SSSR count). The molecule has 2 aromatic carbocycles. The Balaban J connectivity index is 1.57. The van der Waals surface area contributed by atoms with Gasteiger partial charge in [-0.25, -0.2) is 4.39 Å². The lowest BCUT2D eigenvalue weighted by molar-refractivity contribution is -0.123. The maximum atomic E-state index is 12.9. The summed E-state index contributed by atoms with van der Waals surface area (Å²) in [4.78, 5) is 14.5. The third-order valence-electron chi connectivity index (χ3n) is 4.62. The second kappa shape index (κ2) is 9.48. The molecule has 27 heavy (non-hydrogen) atoms. The first-order valence-electron chi connectivity index (χ1n) is 9.15. The number of benzene rings is 2. The van der Waals surface area contributed by atoms with Gasteiger partial charge >= 0.3 is 0 Å². The zero-order valence-corrected chi connectivity index (χ0v) is 15.5. The molecule has 1 amide bonds. The fourth-order valence-corrected chi connectivity index (χ4v) is 3.08. The Labute approximate surface area is 159 Å². The molecule has 1 aliphatic rings. The number of morpholine rings is 1. The van der Waals surface area contributed by atoms with Crippen LogP contribution in [0.4, 0.5) is 4.39 Å². The number of hydrogen-bond donors (Lipinski definition) is 1. The van der Waals surface area contributed by atoms with Crippen LogP contribution in [0.5, 0.6) is 5.75 Å². The molecule has 144 valence electrons. The largest absolute Gasteiger partial charge is 0.484 e. The molecule has 1 heterocycles. The van der Waals surface area contributed by atoms with Gasteiger partial charge in [-0.2, -0.15) is 0 Å². The van der Waals surface area contributed by atoms with Gasteiger partial charge in [0.25, 0.3) is 5.91 Å². The van der Waals surface area contributed by atoms with Crippen molar-refractivity contribution in [3.05, 3.63) is 65.5 Å². The van der Waals surface area contributed by atoms with Crippen molar-refractivity contribution >= 4 is 5.91 Å². The fraction of sp³-hybridized carbons (Fsp3) is 0.381. The molecule has 6 heteroatoms. The summed E-state index contributed by atoms with van der Waals surface area (Å²) in [5, 5.41) is 2.95. The third-order valence-corrected chi connectivity index (χ3v) is 4.62. The predicted molar refractivity (Wildman–Crippen MR) is 101 cm³/mol. The number of carbonyl (C=O) groups excluding carboxylic acids is 1. The van der Waals surface area contributed by atoms with Crippen molar-refractivity contribution < 1.29 is 18.7 Å². The molecule has 1 saturated heterocycles. The Hall–Kier alpha value is -2.44. The highest BCUT2D eigenvalue weighted by molar-refractivity contribution is 5.77. The van der Waals surface area contributed by atoms with Crippen LogP contribution in [0, 0.1) is 12.7 Å². The van der Waals surface area contributed by atoms with Crippen LogP contribution < -0.4 is 10.1 Å². The maximum absolute atomic E-state index is 12.9. The van der Waals surface area contributed by atoms with Crippen molar-refractivity contribution in [3.63, 3.8) is 0 Å². The molecule has 0 aromatic heterocycles. The van der Waals surface area contributed by atoms with E-state index in [4.69, 9.17) is 9.47 Å². The number of carbonyl (C=O) groups is 1. The molecule has 5 nitrogen and oxygen atoms in total. The molecule has 1 N–H and O–H groups in total. The van der Waals surface area contributed by atoms with E-state index in [0.29, 0.717) is 25.5 Å².